The first-order chi connectivity index (χ1) is 7.59. The van der Waals surface area contributed by atoms with E-state index in [9.17, 15) is 4.39 Å². The van der Waals surface area contributed by atoms with E-state index in [0.717, 1.165) is 25.0 Å². The van der Waals surface area contributed by atoms with Crippen molar-refractivity contribution in [3.8, 4) is 0 Å². The van der Waals surface area contributed by atoms with E-state index in [1.165, 1.54) is 6.08 Å². The molecule has 90 valence electrons. The maximum atomic E-state index is 13.6. The lowest BCUT2D eigenvalue weighted by Crippen LogP contribution is -2.14. The van der Waals surface area contributed by atoms with Crippen LogP contribution in [-0.4, -0.2) is 32.1 Å². The Labute approximate surface area is 97.1 Å². The van der Waals surface area contributed by atoms with Gasteiger partial charge in [-0.15, -0.1) is 0 Å². The van der Waals surface area contributed by atoms with E-state index in [1.807, 2.05) is 27.1 Å². The Morgan fingerprint density at radius 2 is 2.12 bits per heavy atom. The molecule has 0 aromatic heterocycles. The van der Waals surface area contributed by atoms with Gasteiger partial charge in [-0.05, 0) is 46.0 Å². The molecule has 0 aromatic carbocycles. The fourth-order valence-corrected chi connectivity index (χ4v) is 1.47. The normalized spacial score (nSPS) is 16.4. The van der Waals surface area contributed by atoms with Crippen LogP contribution in [0.1, 0.15) is 19.8 Å². The third kappa shape index (κ3) is 4.62. The number of hydrogen-bond donors (Lipinski definition) is 0. The summed E-state index contributed by atoms with van der Waals surface area (Å²) in [5, 5.41) is 0. The quantitative estimate of drug-likeness (QED) is 0.667. The van der Waals surface area contributed by atoms with Gasteiger partial charge in [0.05, 0.1) is 6.61 Å². The Morgan fingerprint density at radius 1 is 1.38 bits per heavy atom. The first-order valence-corrected chi connectivity index (χ1v) is 5.61. The second kappa shape index (κ2) is 6.48. The minimum Gasteiger partial charge on any atom is -0.491 e. The maximum Gasteiger partial charge on any atom is 0.164 e. The highest BCUT2D eigenvalue weighted by Crippen LogP contribution is 2.20. The van der Waals surface area contributed by atoms with Crippen molar-refractivity contribution in [1.29, 1.82) is 0 Å². The molecule has 0 amide bonds. The molecule has 0 spiro atoms. The zero-order valence-corrected chi connectivity index (χ0v) is 10.3. The molecule has 0 fully saturated rings. The lowest BCUT2D eigenvalue weighted by Gasteiger charge is -2.11. The van der Waals surface area contributed by atoms with Gasteiger partial charge in [-0.3, -0.25) is 0 Å². The van der Waals surface area contributed by atoms with Crippen molar-refractivity contribution >= 4 is 0 Å². The summed E-state index contributed by atoms with van der Waals surface area (Å²) >= 11 is 0. The molecule has 0 saturated heterocycles. The van der Waals surface area contributed by atoms with Crippen LogP contribution in [-0.2, 0) is 4.74 Å². The van der Waals surface area contributed by atoms with Crippen LogP contribution in [0.3, 0.4) is 0 Å². The molecule has 0 aliphatic heterocycles. The predicted molar refractivity (Wildman–Crippen MR) is 64.8 cm³/mol. The SMILES string of the molecule is CC1=CCC=C(OCCCN(C)C)C(F)=C1. The summed E-state index contributed by atoms with van der Waals surface area (Å²) < 4.78 is 19.0. The highest BCUT2D eigenvalue weighted by Gasteiger charge is 2.08. The Morgan fingerprint density at radius 3 is 2.81 bits per heavy atom. The molecular formula is C13H20FNO. The van der Waals surface area contributed by atoms with Crippen LogP contribution in [0, 0.1) is 0 Å². The smallest absolute Gasteiger partial charge is 0.164 e. The van der Waals surface area contributed by atoms with Crippen LogP contribution in [0.5, 0.6) is 0 Å². The topological polar surface area (TPSA) is 12.5 Å². The van der Waals surface area contributed by atoms with Crippen LogP contribution in [0.4, 0.5) is 4.39 Å². The molecule has 0 N–H and O–H groups in total. The molecule has 0 atom stereocenters. The van der Waals surface area contributed by atoms with E-state index in [4.69, 9.17) is 4.74 Å². The van der Waals surface area contributed by atoms with Gasteiger partial charge in [0.1, 0.15) is 0 Å². The van der Waals surface area contributed by atoms with E-state index in [1.54, 1.807) is 6.08 Å². The summed E-state index contributed by atoms with van der Waals surface area (Å²) in [5.74, 6) is 0.114. The summed E-state index contributed by atoms with van der Waals surface area (Å²) in [6.07, 6.45) is 6.93. The Kier molecular flexibility index (Phi) is 5.26. The highest BCUT2D eigenvalue weighted by atomic mass is 19.1. The van der Waals surface area contributed by atoms with Crippen LogP contribution in [0.15, 0.2) is 35.4 Å². The third-order valence-electron chi connectivity index (χ3n) is 2.34. The van der Waals surface area contributed by atoms with E-state index < -0.39 is 0 Å². The Balaban J connectivity index is 2.37. The number of ether oxygens (including phenoxy) is 1. The number of nitrogens with zero attached hydrogens (tertiary/aromatic N) is 1. The van der Waals surface area contributed by atoms with Gasteiger partial charge >= 0.3 is 0 Å². The lowest BCUT2D eigenvalue weighted by atomic mass is 10.2. The van der Waals surface area contributed by atoms with Crippen molar-refractivity contribution in [3.05, 3.63) is 35.4 Å². The zero-order valence-electron chi connectivity index (χ0n) is 10.3. The van der Waals surface area contributed by atoms with Gasteiger partial charge in [-0.1, -0.05) is 11.6 Å². The van der Waals surface area contributed by atoms with E-state index in [-0.39, 0.29) is 5.83 Å². The van der Waals surface area contributed by atoms with Gasteiger partial charge in [0.15, 0.2) is 11.6 Å². The van der Waals surface area contributed by atoms with Crippen molar-refractivity contribution in [2.75, 3.05) is 27.2 Å². The Bertz CT molecular complexity index is 316. The van der Waals surface area contributed by atoms with E-state index in [2.05, 4.69) is 4.90 Å². The zero-order chi connectivity index (χ0) is 12.0. The Hall–Kier alpha value is -1.09. The lowest BCUT2D eigenvalue weighted by molar-refractivity contribution is 0.193. The third-order valence-corrected chi connectivity index (χ3v) is 2.34. The molecule has 0 bridgehead atoms. The van der Waals surface area contributed by atoms with Crippen molar-refractivity contribution in [2.45, 2.75) is 19.8 Å². The van der Waals surface area contributed by atoms with Crippen LogP contribution < -0.4 is 0 Å². The van der Waals surface area contributed by atoms with Gasteiger partial charge in [-0.25, -0.2) is 4.39 Å². The maximum absolute atomic E-state index is 13.6. The average molecular weight is 225 g/mol. The minimum absolute atomic E-state index is 0.267. The number of halogens is 1. The summed E-state index contributed by atoms with van der Waals surface area (Å²) in [7, 11) is 4.03. The molecule has 0 saturated carbocycles. The van der Waals surface area contributed by atoms with E-state index in [0.29, 0.717) is 12.4 Å². The number of hydrogen-bond acceptors (Lipinski definition) is 2. The van der Waals surface area contributed by atoms with Crippen molar-refractivity contribution in [1.82, 2.24) is 4.90 Å². The molecule has 1 aliphatic carbocycles. The second-order valence-corrected chi connectivity index (χ2v) is 4.25. The van der Waals surface area contributed by atoms with Crippen LogP contribution in [0.2, 0.25) is 0 Å². The van der Waals surface area contributed by atoms with Crippen LogP contribution >= 0.6 is 0 Å². The first-order valence-electron chi connectivity index (χ1n) is 5.61. The largest absolute Gasteiger partial charge is 0.491 e. The van der Waals surface area contributed by atoms with Gasteiger partial charge in [0, 0.05) is 6.54 Å². The summed E-state index contributed by atoms with van der Waals surface area (Å²) in [4.78, 5) is 2.09. The summed E-state index contributed by atoms with van der Waals surface area (Å²) in [6.45, 7) is 3.41. The van der Waals surface area contributed by atoms with Crippen LogP contribution in [0.25, 0.3) is 0 Å². The molecule has 0 radical (unpaired) electrons. The average Bonchev–Trinajstić information content (AvgIpc) is 2.35. The minimum atomic E-state index is -0.267. The number of rotatable bonds is 5. The molecule has 0 heterocycles. The molecule has 0 unspecified atom stereocenters. The monoisotopic (exact) mass is 225 g/mol. The summed E-state index contributed by atoms with van der Waals surface area (Å²) in [5.41, 5.74) is 0.945. The van der Waals surface area contributed by atoms with Gasteiger partial charge in [0.2, 0.25) is 0 Å². The second-order valence-electron chi connectivity index (χ2n) is 4.25. The van der Waals surface area contributed by atoms with Crippen molar-refractivity contribution < 1.29 is 9.13 Å². The van der Waals surface area contributed by atoms with E-state index >= 15 is 0 Å². The van der Waals surface area contributed by atoms with Crippen molar-refractivity contribution in [2.24, 2.45) is 0 Å². The molecule has 0 aromatic rings. The highest BCUT2D eigenvalue weighted by molar-refractivity contribution is 5.32. The van der Waals surface area contributed by atoms with Gasteiger partial charge < -0.3 is 9.64 Å². The van der Waals surface area contributed by atoms with Crippen molar-refractivity contribution in [3.63, 3.8) is 0 Å². The first kappa shape index (κ1) is 13.0. The van der Waals surface area contributed by atoms with Gasteiger partial charge in [0.25, 0.3) is 0 Å². The molecule has 16 heavy (non-hydrogen) atoms. The fraction of sp³-hybridized carbons (Fsp3) is 0.538. The summed E-state index contributed by atoms with van der Waals surface area (Å²) in [6, 6.07) is 0. The molecular weight excluding hydrogens is 205 g/mol. The molecule has 1 aliphatic rings. The fourth-order valence-electron chi connectivity index (χ4n) is 1.47. The standard InChI is InChI=1S/C13H20FNO/c1-11-6-4-7-13(12(14)10-11)16-9-5-8-15(2)3/h6-7,10H,4-5,8-9H2,1-3H3. The van der Waals surface area contributed by atoms with Gasteiger partial charge in [-0.2, -0.15) is 0 Å². The molecule has 1 rings (SSSR count). The number of allylic oxidation sites excluding steroid dienone is 5. The predicted octanol–water partition coefficient (Wildman–Crippen LogP) is 3.04. The molecule has 2 nitrogen and oxygen atoms in total. The molecule has 3 heteroatoms.